The van der Waals surface area contributed by atoms with Crippen LogP contribution in [0.15, 0.2) is 30.6 Å². The van der Waals surface area contributed by atoms with Crippen LogP contribution in [0.4, 0.5) is 5.82 Å². The van der Waals surface area contributed by atoms with E-state index in [-0.39, 0.29) is 6.61 Å². The first-order chi connectivity index (χ1) is 9.22. The van der Waals surface area contributed by atoms with Crippen LogP contribution < -0.4 is 16.0 Å². The maximum absolute atomic E-state index is 8.85. The lowest BCUT2D eigenvalue weighted by atomic mass is 10.1. The lowest BCUT2D eigenvalue weighted by Gasteiger charge is -2.09. The molecule has 0 unspecified atom stereocenters. The highest BCUT2D eigenvalue weighted by Gasteiger charge is 2.03. The Labute approximate surface area is 110 Å². The molecule has 0 bridgehead atoms. The van der Waals surface area contributed by atoms with Crippen molar-refractivity contribution >= 4 is 5.82 Å². The van der Waals surface area contributed by atoms with Crippen LogP contribution in [0.25, 0.3) is 0 Å². The SMILES string of the molecule is Cc1ccc(C#N)cc1OCc1cnc(NN)cn1. The van der Waals surface area contributed by atoms with Crippen molar-refractivity contribution in [3.05, 3.63) is 47.4 Å². The molecule has 0 aliphatic heterocycles. The molecule has 0 aliphatic rings. The fourth-order valence-electron chi connectivity index (χ4n) is 1.48. The number of hydrogen-bond donors (Lipinski definition) is 2. The summed E-state index contributed by atoms with van der Waals surface area (Å²) in [6.45, 7) is 2.21. The molecule has 6 nitrogen and oxygen atoms in total. The fourth-order valence-corrected chi connectivity index (χ4v) is 1.48. The zero-order valence-electron chi connectivity index (χ0n) is 10.4. The first-order valence-electron chi connectivity index (χ1n) is 5.64. The molecular formula is C13H13N5O. The first-order valence-corrected chi connectivity index (χ1v) is 5.64. The second-order valence-electron chi connectivity index (χ2n) is 3.92. The number of aromatic nitrogens is 2. The van der Waals surface area contributed by atoms with E-state index < -0.39 is 0 Å². The molecule has 19 heavy (non-hydrogen) atoms. The standard InChI is InChI=1S/C13H13N5O/c1-9-2-3-10(5-14)4-12(9)19-8-11-6-17-13(18-15)7-16-11/h2-4,6-7H,8,15H2,1H3,(H,17,18). The van der Waals surface area contributed by atoms with Crippen LogP contribution in [0.2, 0.25) is 0 Å². The summed E-state index contributed by atoms with van der Waals surface area (Å²) < 4.78 is 5.63. The molecule has 1 heterocycles. The van der Waals surface area contributed by atoms with Gasteiger partial charge in [0.2, 0.25) is 0 Å². The normalized spacial score (nSPS) is 9.74. The minimum Gasteiger partial charge on any atom is -0.487 e. The predicted molar refractivity (Wildman–Crippen MR) is 70.1 cm³/mol. The third-order valence-corrected chi connectivity index (χ3v) is 2.55. The molecule has 1 aromatic carbocycles. The molecule has 0 fully saturated rings. The first kappa shape index (κ1) is 12.8. The Kier molecular flexibility index (Phi) is 3.90. The maximum atomic E-state index is 8.85. The van der Waals surface area contributed by atoms with Crippen molar-refractivity contribution in [1.29, 1.82) is 5.26 Å². The van der Waals surface area contributed by atoms with E-state index in [0.29, 0.717) is 22.8 Å². The smallest absolute Gasteiger partial charge is 0.158 e. The van der Waals surface area contributed by atoms with Gasteiger partial charge in [-0.15, -0.1) is 0 Å². The van der Waals surface area contributed by atoms with Gasteiger partial charge in [-0.3, -0.25) is 4.98 Å². The van der Waals surface area contributed by atoms with E-state index in [2.05, 4.69) is 21.5 Å². The molecule has 0 saturated heterocycles. The molecule has 2 rings (SSSR count). The Morgan fingerprint density at radius 1 is 1.37 bits per heavy atom. The Balaban J connectivity index is 2.07. The third kappa shape index (κ3) is 3.18. The van der Waals surface area contributed by atoms with Gasteiger partial charge in [0.25, 0.3) is 0 Å². The van der Waals surface area contributed by atoms with Crippen molar-refractivity contribution in [2.45, 2.75) is 13.5 Å². The molecule has 96 valence electrons. The number of aryl methyl sites for hydroxylation is 1. The number of nitrogens with zero attached hydrogens (tertiary/aromatic N) is 3. The molecule has 0 radical (unpaired) electrons. The van der Waals surface area contributed by atoms with Crippen LogP contribution in [0.5, 0.6) is 5.75 Å². The second kappa shape index (κ2) is 5.80. The Hall–Kier alpha value is -2.65. The highest BCUT2D eigenvalue weighted by atomic mass is 16.5. The number of nitrogens with two attached hydrogens (primary N) is 1. The van der Waals surface area contributed by atoms with Gasteiger partial charge in [-0.2, -0.15) is 5.26 Å². The number of hydrogen-bond acceptors (Lipinski definition) is 6. The molecule has 1 aromatic heterocycles. The summed E-state index contributed by atoms with van der Waals surface area (Å²) in [5, 5.41) is 8.85. The van der Waals surface area contributed by atoms with Crippen LogP contribution in [-0.2, 0) is 6.61 Å². The number of nitrogen functional groups attached to an aromatic ring is 1. The molecule has 2 aromatic rings. The molecule has 3 N–H and O–H groups in total. The number of hydrazine groups is 1. The molecule has 0 spiro atoms. The summed E-state index contributed by atoms with van der Waals surface area (Å²) in [5.41, 5.74) is 4.61. The van der Waals surface area contributed by atoms with Gasteiger partial charge in [0.15, 0.2) is 5.82 Å². The van der Waals surface area contributed by atoms with Crippen molar-refractivity contribution in [3.8, 4) is 11.8 Å². The Morgan fingerprint density at radius 3 is 2.84 bits per heavy atom. The van der Waals surface area contributed by atoms with Gasteiger partial charge in [0, 0.05) is 0 Å². The van der Waals surface area contributed by atoms with Crippen LogP contribution >= 0.6 is 0 Å². The quantitative estimate of drug-likeness (QED) is 0.635. The van der Waals surface area contributed by atoms with E-state index in [4.69, 9.17) is 15.8 Å². The maximum Gasteiger partial charge on any atom is 0.158 e. The monoisotopic (exact) mass is 255 g/mol. The lowest BCUT2D eigenvalue weighted by Crippen LogP contribution is -2.09. The van der Waals surface area contributed by atoms with Crippen LogP contribution in [0.1, 0.15) is 16.8 Å². The fraction of sp³-hybridized carbons (Fsp3) is 0.154. The van der Waals surface area contributed by atoms with Gasteiger partial charge in [0.1, 0.15) is 12.4 Å². The third-order valence-electron chi connectivity index (χ3n) is 2.55. The van der Waals surface area contributed by atoms with Crippen molar-refractivity contribution in [3.63, 3.8) is 0 Å². The lowest BCUT2D eigenvalue weighted by molar-refractivity contribution is 0.298. The van der Waals surface area contributed by atoms with Crippen molar-refractivity contribution in [2.75, 3.05) is 5.43 Å². The van der Waals surface area contributed by atoms with Crippen molar-refractivity contribution in [1.82, 2.24) is 9.97 Å². The number of ether oxygens (including phenoxy) is 1. The summed E-state index contributed by atoms with van der Waals surface area (Å²) in [4.78, 5) is 8.18. The minimum absolute atomic E-state index is 0.285. The Bertz CT molecular complexity index is 603. The summed E-state index contributed by atoms with van der Waals surface area (Å²) in [7, 11) is 0. The molecule has 0 amide bonds. The summed E-state index contributed by atoms with van der Waals surface area (Å²) in [6.07, 6.45) is 3.11. The van der Waals surface area contributed by atoms with Gasteiger partial charge in [-0.05, 0) is 24.6 Å². The minimum atomic E-state index is 0.285. The summed E-state index contributed by atoms with van der Waals surface area (Å²) >= 11 is 0. The van der Waals surface area contributed by atoms with E-state index in [1.807, 2.05) is 13.0 Å². The van der Waals surface area contributed by atoms with Gasteiger partial charge >= 0.3 is 0 Å². The summed E-state index contributed by atoms with van der Waals surface area (Å²) in [5.74, 6) is 6.36. The van der Waals surface area contributed by atoms with Crippen molar-refractivity contribution in [2.24, 2.45) is 5.84 Å². The molecule has 6 heteroatoms. The predicted octanol–water partition coefficient (Wildman–Crippen LogP) is 1.52. The van der Waals surface area contributed by atoms with Crippen LogP contribution in [0.3, 0.4) is 0 Å². The van der Waals surface area contributed by atoms with E-state index in [1.54, 1.807) is 18.3 Å². The largest absolute Gasteiger partial charge is 0.487 e. The number of rotatable bonds is 4. The molecular weight excluding hydrogens is 242 g/mol. The average Bonchev–Trinajstić information content (AvgIpc) is 2.47. The number of nitrogens with one attached hydrogen (secondary N) is 1. The van der Waals surface area contributed by atoms with E-state index >= 15 is 0 Å². The van der Waals surface area contributed by atoms with Crippen LogP contribution in [0, 0.1) is 18.3 Å². The zero-order chi connectivity index (χ0) is 13.7. The second-order valence-corrected chi connectivity index (χ2v) is 3.92. The van der Waals surface area contributed by atoms with Gasteiger partial charge in [-0.1, -0.05) is 6.07 Å². The van der Waals surface area contributed by atoms with Gasteiger partial charge < -0.3 is 10.2 Å². The molecule has 0 aliphatic carbocycles. The van der Waals surface area contributed by atoms with E-state index in [1.165, 1.54) is 6.20 Å². The molecule has 0 atom stereocenters. The number of benzene rings is 1. The number of anilines is 1. The average molecular weight is 255 g/mol. The van der Waals surface area contributed by atoms with Crippen LogP contribution in [-0.4, -0.2) is 9.97 Å². The topological polar surface area (TPSA) is 96.8 Å². The van der Waals surface area contributed by atoms with Crippen molar-refractivity contribution < 1.29 is 4.74 Å². The van der Waals surface area contributed by atoms with Gasteiger partial charge in [0.05, 0.1) is 29.7 Å². The van der Waals surface area contributed by atoms with Gasteiger partial charge in [-0.25, -0.2) is 10.8 Å². The Morgan fingerprint density at radius 2 is 2.21 bits per heavy atom. The summed E-state index contributed by atoms with van der Waals surface area (Å²) in [6, 6.07) is 7.39. The highest BCUT2D eigenvalue weighted by molar-refractivity contribution is 5.41. The van der Waals surface area contributed by atoms with E-state index in [0.717, 1.165) is 5.56 Å². The number of nitriles is 1. The van der Waals surface area contributed by atoms with E-state index in [9.17, 15) is 0 Å². The molecule has 0 saturated carbocycles. The zero-order valence-corrected chi connectivity index (χ0v) is 10.4. The highest BCUT2D eigenvalue weighted by Crippen LogP contribution is 2.20.